The van der Waals surface area contributed by atoms with Gasteiger partial charge >= 0.3 is 6.09 Å². The van der Waals surface area contributed by atoms with Crippen LogP contribution in [0.5, 0.6) is 0 Å². The summed E-state index contributed by atoms with van der Waals surface area (Å²) in [7, 11) is 0. The van der Waals surface area contributed by atoms with Crippen LogP contribution in [0.15, 0.2) is 42.5 Å². The van der Waals surface area contributed by atoms with E-state index in [1.165, 1.54) is 17.0 Å². The zero-order valence-electron chi connectivity index (χ0n) is 15.1. The van der Waals surface area contributed by atoms with Crippen molar-refractivity contribution in [1.82, 2.24) is 9.88 Å². The van der Waals surface area contributed by atoms with Crippen LogP contribution in [0, 0.1) is 6.92 Å². The molecular weight excluding hydrogens is 300 g/mol. The molecule has 2 aromatic rings. The average Bonchev–Trinajstić information content (AvgIpc) is 2.84. The maximum Gasteiger partial charge on any atom is 0.407 e. The SMILES string of the molecule is Cc1ccc(CCCNC(=O)OC(C)(C)C)n1Cc1ccccc1. The maximum atomic E-state index is 11.6. The second kappa shape index (κ2) is 8.04. The van der Waals surface area contributed by atoms with Crippen LogP contribution >= 0.6 is 0 Å². The molecule has 1 heterocycles. The van der Waals surface area contributed by atoms with Gasteiger partial charge in [0.25, 0.3) is 0 Å². The number of aryl methyl sites for hydroxylation is 2. The smallest absolute Gasteiger partial charge is 0.407 e. The van der Waals surface area contributed by atoms with Gasteiger partial charge < -0.3 is 14.6 Å². The summed E-state index contributed by atoms with van der Waals surface area (Å²) >= 11 is 0. The number of nitrogens with one attached hydrogen (secondary N) is 1. The molecule has 1 aromatic carbocycles. The summed E-state index contributed by atoms with van der Waals surface area (Å²) in [5, 5.41) is 2.81. The van der Waals surface area contributed by atoms with Gasteiger partial charge in [0.2, 0.25) is 0 Å². The van der Waals surface area contributed by atoms with Crippen molar-refractivity contribution in [3.63, 3.8) is 0 Å². The number of amides is 1. The van der Waals surface area contributed by atoms with Gasteiger partial charge in [-0.25, -0.2) is 4.79 Å². The van der Waals surface area contributed by atoms with E-state index in [4.69, 9.17) is 4.74 Å². The summed E-state index contributed by atoms with van der Waals surface area (Å²) in [6.07, 6.45) is 1.46. The number of alkyl carbamates (subject to hydrolysis) is 1. The Labute approximate surface area is 144 Å². The summed E-state index contributed by atoms with van der Waals surface area (Å²) in [6, 6.07) is 14.8. The van der Waals surface area contributed by atoms with Crippen molar-refractivity contribution in [1.29, 1.82) is 0 Å². The zero-order valence-corrected chi connectivity index (χ0v) is 15.1. The van der Waals surface area contributed by atoms with Crippen LogP contribution in [0.1, 0.15) is 44.1 Å². The molecular formula is C20H28N2O2. The lowest BCUT2D eigenvalue weighted by molar-refractivity contribution is 0.0527. The highest BCUT2D eigenvalue weighted by atomic mass is 16.6. The van der Waals surface area contributed by atoms with Crippen LogP contribution in [0.25, 0.3) is 0 Å². The molecule has 130 valence electrons. The van der Waals surface area contributed by atoms with E-state index in [0.717, 1.165) is 19.4 Å². The number of hydrogen-bond donors (Lipinski definition) is 1. The third kappa shape index (κ3) is 5.76. The minimum atomic E-state index is -0.453. The summed E-state index contributed by atoms with van der Waals surface area (Å²) in [6.45, 7) is 9.23. The minimum Gasteiger partial charge on any atom is -0.444 e. The highest BCUT2D eigenvalue weighted by Crippen LogP contribution is 2.14. The topological polar surface area (TPSA) is 43.3 Å². The Balaban J connectivity index is 1.84. The Morgan fingerprint density at radius 3 is 2.50 bits per heavy atom. The number of rotatable bonds is 6. The van der Waals surface area contributed by atoms with Gasteiger partial charge in [0.05, 0.1) is 0 Å². The Bertz CT molecular complexity index is 654. The minimum absolute atomic E-state index is 0.349. The number of hydrogen-bond acceptors (Lipinski definition) is 2. The largest absolute Gasteiger partial charge is 0.444 e. The molecule has 0 aliphatic carbocycles. The first-order chi connectivity index (χ1) is 11.3. The first-order valence-corrected chi connectivity index (χ1v) is 8.51. The lowest BCUT2D eigenvalue weighted by Crippen LogP contribution is -2.33. The standard InChI is InChI=1S/C20H28N2O2/c1-16-12-13-18(22(16)15-17-9-6-5-7-10-17)11-8-14-21-19(23)24-20(2,3)4/h5-7,9-10,12-13H,8,11,14-15H2,1-4H3,(H,21,23). The van der Waals surface area contributed by atoms with Crippen molar-refractivity contribution < 1.29 is 9.53 Å². The molecule has 4 heteroatoms. The lowest BCUT2D eigenvalue weighted by atomic mass is 10.2. The van der Waals surface area contributed by atoms with Crippen molar-refractivity contribution in [2.75, 3.05) is 6.54 Å². The fourth-order valence-electron chi connectivity index (χ4n) is 2.61. The summed E-state index contributed by atoms with van der Waals surface area (Å²) in [5.74, 6) is 0. The molecule has 1 N–H and O–H groups in total. The molecule has 0 bridgehead atoms. The molecule has 0 unspecified atom stereocenters. The van der Waals surface area contributed by atoms with Gasteiger partial charge in [-0.05, 0) is 58.2 Å². The van der Waals surface area contributed by atoms with E-state index in [0.29, 0.717) is 6.54 Å². The average molecular weight is 328 g/mol. The van der Waals surface area contributed by atoms with Crippen molar-refractivity contribution >= 4 is 6.09 Å². The highest BCUT2D eigenvalue weighted by Gasteiger charge is 2.15. The van der Waals surface area contributed by atoms with Gasteiger partial charge in [-0.2, -0.15) is 0 Å². The van der Waals surface area contributed by atoms with Crippen LogP contribution in [0.4, 0.5) is 4.79 Å². The first-order valence-electron chi connectivity index (χ1n) is 8.51. The van der Waals surface area contributed by atoms with Crippen LogP contribution in [-0.2, 0) is 17.7 Å². The fourth-order valence-corrected chi connectivity index (χ4v) is 2.61. The monoisotopic (exact) mass is 328 g/mol. The molecule has 0 saturated heterocycles. The maximum absolute atomic E-state index is 11.6. The van der Waals surface area contributed by atoms with Crippen molar-refractivity contribution in [2.24, 2.45) is 0 Å². The second-order valence-corrected chi connectivity index (χ2v) is 7.07. The van der Waals surface area contributed by atoms with Crippen LogP contribution in [0.2, 0.25) is 0 Å². The van der Waals surface area contributed by atoms with Gasteiger partial charge in [-0.3, -0.25) is 0 Å². The number of nitrogens with zero attached hydrogens (tertiary/aromatic N) is 1. The second-order valence-electron chi connectivity index (χ2n) is 7.07. The van der Waals surface area contributed by atoms with E-state index in [9.17, 15) is 4.79 Å². The molecule has 24 heavy (non-hydrogen) atoms. The number of aromatic nitrogens is 1. The van der Waals surface area contributed by atoms with E-state index < -0.39 is 5.60 Å². The van der Waals surface area contributed by atoms with Crippen LogP contribution in [-0.4, -0.2) is 22.8 Å². The highest BCUT2D eigenvalue weighted by molar-refractivity contribution is 5.67. The fraction of sp³-hybridized carbons (Fsp3) is 0.450. The third-order valence-corrected chi connectivity index (χ3v) is 3.75. The molecule has 0 saturated carbocycles. The molecule has 1 aromatic heterocycles. The van der Waals surface area contributed by atoms with E-state index >= 15 is 0 Å². The van der Waals surface area contributed by atoms with Gasteiger partial charge in [-0.15, -0.1) is 0 Å². The van der Waals surface area contributed by atoms with Crippen molar-refractivity contribution in [3.05, 3.63) is 59.4 Å². The van der Waals surface area contributed by atoms with Crippen molar-refractivity contribution in [2.45, 2.75) is 52.7 Å². The predicted octanol–water partition coefficient (Wildman–Crippen LogP) is 4.30. The number of carbonyl (C=O) groups is 1. The predicted molar refractivity (Wildman–Crippen MR) is 97.3 cm³/mol. The van der Waals surface area contributed by atoms with Gasteiger partial charge in [0.15, 0.2) is 0 Å². The molecule has 2 rings (SSSR count). The Morgan fingerprint density at radius 2 is 1.83 bits per heavy atom. The first kappa shape index (κ1) is 18.1. The molecule has 0 fully saturated rings. The summed E-state index contributed by atoms with van der Waals surface area (Å²) in [5.41, 5.74) is 3.40. The van der Waals surface area contributed by atoms with Crippen LogP contribution in [0.3, 0.4) is 0 Å². The van der Waals surface area contributed by atoms with Gasteiger partial charge in [0, 0.05) is 24.5 Å². The summed E-state index contributed by atoms with van der Waals surface area (Å²) < 4.78 is 7.58. The van der Waals surface area contributed by atoms with E-state index in [1.807, 2.05) is 26.8 Å². The number of carbonyl (C=O) groups excluding carboxylic acids is 1. The summed E-state index contributed by atoms with van der Waals surface area (Å²) in [4.78, 5) is 11.6. The molecule has 0 atom stereocenters. The molecule has 0 spiro atoms. The molecule has 0 aliphatic rings. The number of benzene rings is 1. The normalized spacial score (nSPS) is 11.3. The van der Waals surface area contributed by atoms with Crippen molar-refractivity contribution in [3.8, 4) is 0 Å². The van der Waals surface area contributed by atoms with E-state index in [1.54, 1.807) is 0 Å². The van der Waals surface area contributed by atoms with Gasteiger partial charge in [-0.1, -0.05) is 30.3 Å². The Morgan fingerprint density at radius 1 is 1.12 bits per heavy atom. The Kier molecular flexibility index (Phi) is 6.07. The molecule has 0 radical (unpaired) electrons. The Hall–Kier alpha value is -2.23. The van der Waals surface area contributed by atoms with E-state index in [2.05, 4.69) is 53.2 Å². The number of ether oxygens (including phenoxy) is 1. The van der Waals surface area contributed by atoms with Gasteiger partial charge in [0.1, 0.15) is 5.60 Å². The molecule has 1 amide bonds. The zero-order chi connectivity index (χ0) is 17.6. The van der Waals surface area contributed by atoms with E-state index in [-0.39, 0.29) is 6.09 Å². The third-order valence-electron chi connectivity index (χ3n) is 3.75. The lowest BCUT2D eigenvalue weighted by Gasteiger charge is -2.19. The molecule has 0 aliphatic heterocycles. The molecule has 4 nitrogen and oxygen atoms in total. The van der Waals surface area contributed by atoms with Crippen LogP contribution < -0.4 is 5.32 Å². The quantitative estimate of drug-likeness (QED) is 0.803.